The van der Waals surface area contributed by atoms with Crippen molar-refractivity contribution in [2.75, 3.05) is 0 Å². The molecule has 0 aliphatic heterocycles. The number of hydrogen-bond acceptors (Lipinski definition) is 4. The number of aliphatic hydroxyl groups excluding tert-OH is 1. The lowest BCUT2D eigenvalue weighted by Crippen LogP contribution is -2.56. The maximum absolute atomic E-state index is 11.5. The molecule has 16 heavy (non-hydrogen) atoms. The van der Waals surface area contributed by atoms with Gasteiger partial charge in [0.05, 0.1) is 12.1 Å². The number of amides is 1. The van der Waals surface area contributed by atoms with Crippen LogP contribution in [0.4, 0.5) is 4.79 Å². The lowest BCUT2D eigenvalue weighted by atomic mass is 9.88. The van der Waals surface area contributed by atoms with E-state index in [1.165, 1.54) is 0 Å². The highest BCUT2D eigenvalue weighted by Gasteiger charge is 2.31. The largest absolute Gasteiger partial charge is 0.444 e. The third-order valence-corrected chi connectivity index (χ3v) is 2.63. The number of rotatable bonds is 1. The topological polar surface area (TPSA) is 84.6 Å². The highest BCUT2D eigenvalue weighted by molar-refractivity contribution is 5.68. The van der Waals surface area contributed by atoms with Gasteiger partial charge in [-0.2, -0.15) is 0 Å². The van der Waals surface area contributed by atoms with Gasteiger partial charge in [-0.3, -0.25) is 0 Å². The molecule has 0 spiro atoms. The van der Waals surface area contributed by atoms with Gasteiger partial charge in [0.25, 0.3) is 0 Å². The fraction of sp³-hybridized carbons (Fsp3) is 0.909. The third-order valence-electron chi connectivity index (χ3n) is 2.63. The molecule has 1 amide bonds. The number of carbonyl (C=O) groups is 1. The van der Waals surface area contributed by atoms with Crippen LogP contribution in [0.1, 0.15) is 40.0 Å². The van der Waals surface area contributed by atoms with Crippen LogP contribution in [0.2, 0.25) is 0 Å². The van der Waals surface area contributed by atoms with E-state index in [0.717, 1.165) is 12.8 Å². The van der Waals surface area contributed by atoms with Crippen molar-refractivity contribution in [3.8, 4) is 0 Å². The Morgan fingerprint density at radius 2 is 2.06 bits per heavy atom. The van der Waals surface area contributed by atoms with E-state index in [2.05, 4.69) is 5.32 Å². The first-order valence-electron chi connectivity index (χ1n) is 5.73. The van der Waals surface area contributed by atoms with Gasteiger partial charge < -0.3 is 20.9 Å². The Hall–Kier alpha value is -0.810. The van der Waals surface area contributed by atoms with Gasteiger partial charge in [0.2, 0.25) is 0 Å². The summed E-state index contributed by atoms with van der Waals surface area (Å²) in [5.74, 6) is 0. The molecular formula is C11H22N2O3. The number of aliphatic hydroxyl groups is 1. The van der Waals surface area contributed by atoms with Crippen molar-refractivity contribution in [1.29, 1.82) is 0 Å². The number of nitrogens with one attached hydrogen (secondary N) is 1. The van der Waals surface area contributed by atoms with E-state index in [4.69, 9.17) is 10.5 Å². The van der Waals surface area contributed by atoms with Crippen LogP contribution >= 0.6 is 0 Å². The second-order valence-corrected chi connectivity index (χ2v) is 5.33. The van der Waals surface area contributed by atoms with Gasteiger partial charge in [0.15, 0.2) is 0 Å². The Morgan fingerprint density at radius 3 is 2.62 bits per heavy atom. The van der Waals surface area contributed by atoms with Crippen molar-refractivity contribution in [3.63, 3.8) is 0 Å². The molecule has 0 saturated heterocycles. The zero-order chi connectivity index (χ0) is 12.3. The van der Waals surface area contributed by atoms with Gasteiger partial charge in [0.1, 0.15) is 5.60 Å². The Bertz CT molecular complexity index is 250. The van der Waals surface area contributed by atoms with Gasteiger partial charge in [-0.15, -0.1) is 0 Å². The maximum atomic E-state index is 11.5. The molecule has 3 atom stereocenters. The average molecular weight is 230 g/mol. The number of ether oxygens (including phenoxy) is 1. The Morgan fingerprint density at radius 1 is 1.44 bits per heavy atom. The second-order valence-electron chi connectivity index (χ2n) is 5.33. The molecule has 5 heteroatoms. The number of nitrogens with two attached hydrogens (primary N) is 1. The van der Waals surface area contributed by atoms with Crippen LogP contribution in [0, 0.1) is 0 Å². The molecule has 94 valence electrons. The van der Waals surface area contributed by atoms with Crippen LogP contribution < -0.4 is 11.1 Å². The first-order valence-corrected chi connectivity index (χ1v) is 5.73. The van der Waals surface area contributed by atoms with Gasteiger partial charge in [-0.25, -0.2) is 4.79 Å². The summed E-state index contributed by atoms with van der Waals surface area (Å²) < 4.78 is 5.14. The van der Waals surface area contributed by atoms with E-state index in [0.29, 0.717) is 6.42 Å². The van der Waals surface area contributed by atoms with Crippen molar-refractivity contribution < 1.29 is 14.6 Å². The van der Waals surface area contributed by atoms with Crippen molar-refractivity contribution in [1.82, 2.24) is 5.32 Å². The third kappa shape index (κ3) is 3.98. The summed E-state index contributed by atoms with van der Waals surface area (Å²) in [7, 11) is 0. The molecule has 0 aromatic rings. The minimum Gasteiger partial charge on any atom is -0.444 e. The molecular weight excluding hydrogens is 208 g/mol. The molecule has 0 aromatic heterocycles. The van der Waals surface area contributed by atoms with E-state index < -0.39 is 23.8 Å². The molecule has 5 nitrogen and oxygen atoms in total. The van der Waals surface area contributed by atoms with Crippen molar-refractivity contribution >= 4 is 6.09 Å². The Labute approximate surface area is 96.3 Å². The van der Waals surface area contributed by atoms with Crippen LogP contribution in [-0.4, -0.2) is 35.0 Å². The molecule has 0 unspecified atom stereocenters. The molecule has 0 bridgehead atoms. The van der Waals surface area contributed by atoms with Crippen LogP contribution in [0.15, 0.2) is 0 Å². The summed E-state index contributed by atoms with van der Waals surface area (Å²) in [5.41, 5.74) is 5.30. The minimum absolute atomic E-state index is 0.196. The lowest BCUT2D eigenvalue weighted by molar-refractivity contribution is 0.0413. The predicted octanol–water partition coefficient (Wildman–Crippen LogP) is 0.752. The van der Waals surface area contributed by atoms with Crippen molar-refractivity contribution in [2.45, 2.75) is 63.8 Å². The zero-order valence-corrected chi connectivity index (χ0v) is 10.2. The number of hydrogen-bond donors (Lipinski definition) is 3. The molecule has 1 rings (SSSR count). The summed E-state index contributed by atoms with van der Waals surface area (Å²) in [5, 5.41) is 12.3. The summed E-state index contributed by atoms with van der Waals surface area (Å²) in [6.07, 6.45) is 1.36. The van der Waals surface area contributed by atoms with E-state index in [-0.39, 0.29) is 6.04 Å². The predicted molar refractivity (Wildman–Crippen MR) is 61.0 cm³/mol. The van der Waals surface area contributed by atoms with Gasteiger partial charge in [0, 0.05) is 6.04 Å². The maximum Gasteiger partial charge on any atom is 0.407 e. The molecule has 1 saturated carbocycles. The second kappa shape index (κ2) is 5.01. The number of alkyl carbamates (subject to hydrolysis) is 1. The van der Waals surface area contributed by atoms with Crippen molar-refractivity contribution in [2.24, 2.45) is 5.73 Å². The molecule has 1 aliphatic rings. The number of carbonyl (C=O) groups excluding carboxylic acids is 1. The lowest BCUT2D eigenvalue weighted by Gasteiger charge is -2.33. The quantitative estimate of drug-likeness (QED) is 0.620. The molecule has 0 radical (unpaired) electrons. The summed E-state index contributed by atoms with van der Waals surface area (Å²) >= 11 is 0. The van der Waals surface area contributed by atoms with E-state index >= 15 is 0 Å². The van der Waals surface area contributed by atoms with Crippen LogP contribution in [-0.2, 0) is 4.74 Å². The normalized spacial score (nSPS) is 30.9. The molecule has 0 aromatic carbocycles. The monoisotopic (exact) mass is 230 g/mol. The summed E-state index contributed by atoms with van der Waals surface area (Å²) in [6.45, 7) is 5.42. The highest BCUT2D eigenvalue weighted by Crippen LogP contribution is 2.18. The standard InChI is InChI=1S/C11H22N2O3/c1-11(2,3)16-10(15)13-7-5-4-6-8(14)9(7)12/h7-9,14H,4-6,12H2,1-3H3,(H,13,15)/t7-,8+,9-/m1/s1. The minimum atomic E-state index is -0.534. The van der Waals surface area contributed by atoms with Crippen LogP contribution in [0.3, 0.4) is 0 Å². The first-order chi connectivity index (χ1) is 7.29. The Balaban J connectivity index is 2.44. The summed E-state index contributed by atoms with van der Waals surface area (Å²) in [6, 6.07) is -0.597. The Kier molecular flexibility index (Phi) is 4.15. The molecule has 4 N–H and O–H groups in total. The first kappa shape index (κ1) is 13.3. The van der Waals surface area contributed by atoms with E-state index in [1.54, 1.807) is 0 Å². The molecule has 0 heterocycles. The smallest absolute Gasteiger partial charge is 0.407 e. The summed E-state index contributed by atoms with van der Waals surface area (Å²) in [4.78, 5) is 11.5. The van der Waals surface area contributed by atoms with Crippen LogP contribution in [0.25, 0.3) is 0 Å². The van der Waals surface area contributed by atoms with Crippen molar-refractivity contribution in [3.05, 3.63) is 0 Å². The van der Waals surface area contributed by atoms with E-state index in [1.807, 2.05) is 20.8 Å². The van der Waals surface area contributed by atoms with Crippen LogP contribution in [0.5, 0.6) is 0 Å². The molecule has 1 aliphatic carbocycles. The SMILES string of the molecule is CC(C)(C)OC(=O)N[C@@H]1CCC[C@H](O)[C@@H]1N. The average Bonchev–Trinajstić information content (AvgIpc) is 2.09. The highest BCUT2D eigenvalue weighted by atomic mass is 16.6. The van der Waals surface area contributed by atoms with Gasteiger partial charge in [-0.05, 0) is 40.0 Å². The van der Waals surface area contributed by atoms with Gasteiger partial charge >= 0.3 is 6.09 Å². The zero-order valence-electron chi connectivity index (χ0n) is 10.2. The molecule has 1 fully saturated rings. The van der Waals surface area contributed by atoms with Gasteiger partial charge in [-0.1, -0.05) is 0 Å². The fourth-order valence-corrected chi connectivity index (χ4v) is 1.83. The van der Waals surface area contributed by atoms with E-state index in [9.17, 15) is 9.90 Å². The fourth-order valence-electron chi connectivity index (χ4n) is 1.83.